The number of benzene rings is 1. The molecule has 0 saturated heterocycles. The fraction of sp³-hybridized carbons (Fsp3) is 0.227. The van der Waals surface area contributed by atoms with Gasteiger partial charge in [-0.2, -0.15) is 0 Å². The standard InChI is InChI=1S/C22H22N4O3/c1-14-8-9-20-25-17(12-26(20)11-14)13-28-19-7-5-4-6-18(19)22(27)23-10-21-24-15(2)16(3)29-21/h4-9,11-12H,10,13H2,1-3H3,(H,23,27). The maximum absolute atomic E-state index is 12.6. The van der Waals surface area contributed by atoms with E-state index >= 15 is 0 Å². The molecule has 1 aromatic carbocycles. The lowest BCUT2D eigenvalue weighted by atomic mass is 10.2. The molecule has 7 nitrogen and oxygen atoms in total. The predicted molar refractivity (Wildman–Crippen MR) is 108 cm³/mol. The van der Waals surface area contributed by atoms with Crippen LogP contribution in [0.15, 0.2) is 53.2 Å². The first-order chi connectivity index (χ1) is 14.0. The zero-order valence-electron chi connectivity index (χ0n) is 16.6. The molecule has 0 fully saturated rings. The zero-order valence-corrected chi connectivity index (χ0v) is 16.6. The van der Waals surface area contributed by atoms with Gasteiger partial charge < -0.3 is 18.9 Å². The maximum Gasteiger partial charge on any atom is 0.255 e. The van der Waals surface area contributed by atoms with Gasteiger partial charge in [-0.3, -0.25) is 4.79 Å². The van der Waals surface area contributed by atoms with Crippen molar-refractivity contribution < 1.29 is 13.9 Å². The monoisotopic (exact) mass is 390 g/mol. The fourth-order valence-corrected chi connectivity index (χ4v) is 3.02. The van der Waals surface area contributed by atoms with Crippen molar-refractivity contribution in [2.24, 2.45) is 0 Å². The molecule has 1 N–H and O–H groups in total. The van der Waals surface area contributed by atoms with E-state index < -0.39 is 0 Å². The van der Waals surface area contributed by atoms with Crippen molar-refractivity contribution in [2.75, 3.05) is 0 Å². The summed E-state index contributed by atoms with van der Waals surface area (Å²) in [7, 11) is 0. The summed E-state index contributed by atoms with van der Waals surface area (Å²) in [5.41, 5.74) is 4.07. The Morgan fingerprint density at radius 2 is 1.93 bits per heavy atom. The van der Waals surface area contributed by atoms with E-state index in [0.717, 1.165) is 28.4 Å². The number of fused-ring (bicyclic) bond motifs is 1. The number of hydrogen-bond donors (Lipinski definition) is 1. The molecule has 0 spiro atoms. The van der Waals surface area contributed by atoms with Crippen molar-refractivity contribution in [1.29, 1.82) is 0 Å². The van der Waals surface area contributed by atoms with Crippen LogP contribution in [0.4, 0.5) is 0 Å². The molecule has 0 bridgehead atoms. The lowest BCUT2D eigenvalue weighted by Crippen LogP contribution is -2.23. The van der Waals surface area contributed by atoms with Crippen LogP contribution in [-0.4, -0.2) is 20.3 Å². The van der Waals surface area contributed by atoms with Gasteiger partial charge in [0.1, 0.15) is 23.8 Å². The highest BCUT2D eigenvalue weighted by Crippen LogP contribution is 2.20. The lowest BCUT2D eigenvalue weighted by molar-refractivity contribution is 0.0942. The first-order valence-corrected chi connectivity index (χ1v) is 9.37. The molecule has 0 aliphatic heterocycles. The van der Waals surface area contributed by atoms with Gasteiger partial charge in [0, 0.05) is 12.4 Å². The molecule has 0 atom stereocenters. The second-order valence-corrected chi connectivity index (χ2v) is 6.92. The van der Waals surface area contributed by atoms with Crippen LogP contribution in [-0.2, 0) is 13.2 Å². The van der Waals surface area contributed by atoms with Gasteiger partial charge in [-0.1, -0.05) is 18.2 Å². The second kappa shape index (κ2) is 7.79. The Morgan fingerprint density at radius 1 is 1.10 bits per heavy atom. The van der Waals surface area contributed by atoms with Crippen molar-refractivity contribution in [3.05, 3.63) is 83.0 Å². The maximum atomic E-state index is 12.6. The van der Waals surface area contributed by atoms with Crippen LogP contribution in [0.25, 0.3) is 5.65 Å². The molecular formula is C22H22N4O3. The molecule has 4 aromatic rings. The van der Waals surface area contributed by atoms with E-state index in [1.165, 1.54) is 0 Å². The number of rotatable bonds is 6. The number of amides is 1. The van der Waals surface area contributed by atoms with Gasteiger partial charge in [-0.15, -0.1) is 0 Å². The molecule has 0 saturated carbocycles. The largest absolute Gasteiger partial charge is 0.486 e. The SMILES string of the molecule is Cc1ccc2nc(COc3ccccc3C(=O)NCc3nc(C)c(C)o3)cn2c1. The average molecular weight is 390 g/mol. The third-order valence-corrected chi connectivity index (χ3v) is 4.63. The van der Waals surface area contributed by atoms with E-state index in [9.17, 15) is 4.79 Å². The summed E-state index contributed by atoms with van der Waals surface area (Å²) in [4.78, 5) is 21.5. The highest BCUT2D eigenvalue weighted by atomic mass is 16.5. The van der Waals surface area contributed by atoms with Gasteiger partial charge in [0.25, 0.3) is 5.91 Å². The van der Waals surface area contributed by atoms with Gasteiger partial charge in [0.05, 0.1) is 23.5 Å². The number of pyridine rings is 1. The molecule has 7 heteroatoms. The number of aromatic nitrogens is 3. The first-order valence-electron chi connectivity index (χ1n) is 9.37. The molecule has 0 aliphatic rings. The van der Waals surface area contributed by atoms with E-state index in [1.807, 2.05) is 55.8 Å². The number of nitrogens with one attached hydrogen (secondary N) is 1. The van der Waals surface area contributed by atoms with Crippen molar-refractivity contribution in [1.82, 2.24) is 19.7 Å². The highest BCUT2D eigenvalue weighted by Gasteiger charge is 2.14. The Bertz CT molecular complexity index is 1160. The van der Waals surface area contributed by atoms with Crippen LogP contribution in [0, 0.1) is 20.8 Å². The summed E-state index contributed by atoms with van der Waals surface area (Å²) in [6.45, 7) is 6.23. The molecule has 0 radical (unpaired) electrons. The molecular weight excluding hydrogens is 368 g/mol. The molecule has 1 amide bonds. The van der Waals surface area contributed by atoms with Crippen LogP contribution in [0.5, 0.6) is 5.75 Å². The van der Waals surface area contributed by atoms with E-state index in [2.05, 4.69) is 15.3 Å². The molecule has 3 aromatic heterocycles. The fourth-order valence-electron chi connectivity index (χ4n) is 3.02. The number of imidazole rings is 1. The van der Waals surface area contributed by atoms with E-state index in [-0.39, 0.29) is 19.1 Å². The quantitative estimate of drug-likeness (QED) is 0.542. The minimum absolute atomic E-state index is 0.216. The summed E-state index contributed by atoms with van der Waals surface area (Å²) >= 11 is 0. The molecule has 29 heavy (non-hydrogen) atoms. The molecule has 0 unspecified atom stereocenters. The third kappa shape index (κ3) is 4.13. The summed E-state index contributed by atoms with van der Waals surface area (Å²) in [5, 5.41) is 2.83. The number of carbonyl (C=O) groups excluding carboxylic acids is 1. The van der Waals surface area contributed by atoms with E-state index in [4.69, 9.17) is 9.15 Å². The highest BCUT2D eigenvalue weighted by molar-refractivity contribution is 5.96. The molecule has 4 rings (SSSR count). The smallest absolute Gasteiger partial charge is 0.255 e. The summed E-state index contributed by atoms with van der Waals surface area (Å²) in [5.74, 6) is 1.48. The van der Waals surface area contributed by atoms with Gasteiger partial charge in [-0.25, -0.2) is 9.97 Å². The number of ether oxygens (including phenoxy) is 1. The lowest BCUT2D eigenvalue weighted by Gasteiger charge is -2.10. The van der Waals surface area contributed by atoms with Crippen LogP contribution >= 0.6 is 0 Å². The number of hydrogen-bond acceptors (Lipinski definition) is 5. The number of nitrogens with zero attached hydrogens (tertiary/aromatic N) is 3. The topological polar surface area (TPSA) is 81.7 Å². The second-order valence-electron chi connectivity index (χ2n) is 6.92. The van der Waals surface area contributed by atoms with Crippen LogP contribution < -0.4 is 10.1 Å². The molecule has 3 heterocycles. The summed E-state index contributed by atoms with van der Waals surface area (Å²) in [6.07, 6.45) is 3.94. The van der Waals surface area contributed by atoms with Gasteiger partial charge in [-0.05, 0) is 44.5 Å². The summed E-state index contributed by atoms with van der Waals surface area (Å²) < 4.78 is 13.4. The van der Waals surface area contributed by atoms with Crippen LogP contribution in [0.3, 0.4) is 0 Å². The predicted octanol–water partition coefficient (Wildman–Crippen LogP) is 3.76. The Morgan fingerprint density at radius 3 is 2.72 bits per heavy atom. The minimum Gasteiger partial charge on any atom is -0.486 e. The number of para-hydroxylation sites is 1. The Labute approximate surface area is 168 Å². The van der Waals surface area contributed by atoms with Gasteiger partial charge in [0.2, 0.25) is 5.89 Å². The van der Waals surface area contributed by atoms with E-state index in [1.54, 1.807) is 18.2 Å². The first kappa shape index (κ1) is 18.7. The van der Waals surface area contributed by atoms with Gasteiger partial charge in [0.15, 0.2) is 0 Å². The summed E-state index contributed by atoms with van der Waals surface area (Å²) in [6, 6.07) is 11.1. The normalized spacial score (nSPS) is 11.0. The van der Waals surface area contributed by atoms with Crippen LogP contribution in [0.2, 0.25) is 0 Å². The van der Waals surface area contributed by atoms with E-state index in [0.29, 0.717) is 17.2 Å². The number of carbonyl (C=O) groups is 1. The van der Waals surface area contributed by atoms with Crippen molar-refractivity contribution in [2.45, 2.75) is 33.9 Å². The van der Waals surface area contributed by atoms with Crippen LogP contribution in [0.1, 0.15) is 39.0 Å². The zero-order chi connectivity index (χ0) is 20.4. The third-order valence-electron chi connectivity index (χ3n) is 4.63. The average Bonchev–Trinajstić information content (AvgIpc) is 3.26. The Hall–Kier alpha value is -3.61. The van der Waals surface area contributed by atoms with Crippen molar-refractivity contribution >= 4 is 11.6 Å². The molecule has 148 valence electrons. The molecule has 0 aliphatic carbocycles. The minimum atomic E-state index is -0.250. The Balaban J connectivity index is 1.44. The number of oxazole rings is 1. The van der Waals surface area contributed by atoms with Crippen molar-refractivity contribution in [3.8, 4) is 5.75 Å². The van der Waals surface area contributed by atoms with Crippen molar-refractivity contribution in [3.63, 3.8) is 0 Å². The Kier molecular flexibility index (Phi) is 5.03. The number of aryl methyl sites for hydroxylation is 3. The van der Waals surface area contributed by atoms with Gasteiger partial charge >= 0.3 is 0 Å².